The van der Waals surface area contributed by atoms with Gasteiger partial charge >= 0.3 is 11.6 Å². The monoisotopic (exact) mass is 469 g/mol. The maximum atomic E-state index is 11.2. The summed E-state index contributed by atoms with van der Waals surface area (Å²) in [5.74, 6) is 0.127. The van der Waals surface area contributed by atoms with Crippen molar-refractivity contribution >= 4 is 27.9 Å². The van der Waals surface area contributed by atoms with E-state index in [1.807, 2.05) is 19.9 Å². The molecule has 0 aliphatic heterocycles. The number of carbonyl (C=O) groups is 1. The Morgan fingerprint density at radius 3 is 2.35 bits per heavy atom. The highest BCUT2D eigenvalue weighted by atomic mass is 16.5. The van der Waals surface area contributed by atoms with Crippen molar-refractivity contribution in [2.24, 2.45) is 5.73 Å². The minimum Gasteiger partial charge on any atom is -0.504 e. The summed E-state index contributed by atoms with van der Waals surface area (Å²) in [5.41, 5.74) is 5.53. The molecule has 2 aromatic heterocycles. The van der Waals surface area contributed by atoms with Crippen LogP contribution in [0.4, 0.5) is 0 Å². The molecule has 0 fully saturated rings. The fourth-order valence-corrected chi connectivity index (χ4v) is 3.43. The molecule has 34 heavy (non-hydrogen) atoms. The molecule has 2 heterocycles. The number of nitrogens with two attached hydrogens (primary N) is 1. The van der Waals surface area contributed by atoms with Crippen molar-refractivity contribution in [1.82, 2.24) is 0 Å². The third-order valence-corrected chi connectivity index (χ3v) is 5.24. The fourth-order valence-electron chi connectivity index (χ4n) is 3.43. The second-order valence-corrected chi connectivity index (χ2v) is 8.52. The van der Waals surface area contributed by atoms with Gasteiger partial charge in [0.1, 0.15) is 22.5 Å². The Hall–Kier alpha value is -3.98. The first-order chi connectivity index (χ1) is 15.9. The average Bonchev–Trinajstić information content (AvgIpc) is 3.12. The number of hydrogen-bond donors (Lipinski definition) is 4. The molecule has 0 bridgehead atoms. The molecule has 0 aliphatic carbocycles. The van der Waals surface area contributed by atoms with Crippen LogP contribution in [0.5, 0.6) is 17.2 Å². The standard InChI is InChI=1S/C15H14O4.C10H13NO4/c1-8(2)14-15(17-3)10-6-9-4-5-13(16)18-11(9)7-12(10)19-14;1-10(11,9(14)15)5-6-2-3-7(12)8(13)4-6/h4-8H,1-3H3;2-4,12-13H,5,11H2,1H3,(H,14,15). The van der Waals surface area contributed by atoms with E-state index in [1.165, 1.54) is 31.2 Å². The number of phenols is 2. The van der Waals surface area contributed by atoms with Gasteiger partial charge in [-0.3, -0.25) is 4.79 Å². The number of ether oxygens (including phenoxy) is 1. The van der Waals surface area contributed by atoms with Gasteiger partial charge in [-0.25, -0.2) is 4.79 Å². The molecule has 0 radical (unpaired) electrons. The van der Waals surface area contributed by atoms with Gasteiger partial charge in [0, 0.05) is 29.9 Å². The first-order valence-corrected chi connectivity index (χ1v) is 10.5. The highest BCUT2D eigenvalue weighted by Gasteiger charge is 2.28. The molecule has 2 aromatic carbocycles. The molecule has 180 valence electrons. The van der Waals surface area contributed by atoms with Gasteiger partial charge in [-0.1, -0.05) is 19.9 Å². The highest BCUT2D eigenvalue weighted by molar-refractivity contribution is 5.97. The molecule has 4 aromatic rings. The molecule has 0 saturated heterocycles. The number of carboxylic acids is 1. The summed E-state index contributed by atoms with van der Waals surface area (Å²) in [4.78, 5) is 22.0. The number of phenolic OH excluding ortho intramolecular Hbond substituents is 2. The number of fused-ring (bicyclic) bond motifs is 2. The third kappa shape index (κ3) is 5.15. The summed E-state index contributed by atoms with van der Waals surface area (Å²) < 4.78 is 16.4. The fraction of sp³-hybridized carbons (Fsp3) is 0.280. The zero-order valence-corrected chi connectivity index (χ0v) is 19.3. The molecule has 0 aliphatic rings. The predicted molar refractivity (Wildman–Crippen MR) is 127 cm³/mol. The summed E-state index contributed by atoms with van der Waals surface area (Å²) in [6, 6.07) is 10.9. The Morgan fingerprint density at radius 2 is 1.76 bits per heavy atom. The van der Waals surface area contributed by atoms with Crippen LogP contribution in [-0.2, 0) is 11.2 Å². The lowest BCUT2D eigenvalue weighted by Crippen LogP contribution is -2.46. The molecule has 9 nitrogen and oxygen atoms in total. The molecule has 1 atom stereocenters. The lowest BCUT2D eigenvalue weighted by Gasteiger charge is -2.19. The van der Waals surface area contributed by atoms with Crippen LogP contribution in [0.2, 0.25) is 0 Å². The van der Waals surface area contributed by atoms with Gasteiger partial charge in [0.2, 0.25) is 0 Å². The second-order valence-electron chi connectivity index (χ2n) is 8.52. The highest BCUT2D eigenvalue weighted by Crippen LogP contribution is 2.38. The Labute approximate surface area is 195 Å². The van der Waals surface area contributed by atoms with Crippen molar-refractivity contribution in [2.45, 2.75) is 38.6 Å². The number of hydrogen-bond acceptors (Lipinski definition) is 8. The van der Waals surface area contributed by atoms with Crippen LogP contribution in [0, 0.1) is 0 Å². The minimum atomic E-state index is -1.39. The van der Waals surface area contributed by atoms with E-state index >= 15 is 0 Å². The maximum absolute atomic E-state index is 11.2. The zero-order chi connectivity index (χ0) is 25.2. The van der Waals surface area contributed by atoms with Crippen LogP contribution in [0.15, 0.2) is 56.1 Å². The summed E-state index contributed by atoms with van der Waals surface area (Å²) >= 11 is 0. The topological polar surface area (TPSA) is 156 Å². The second kappa shape index (κ2) is 9.48. The average molecular weight is 469 g/mol. The van der Waals surface area contributed by atoms with E-state index in [-0.39, 0.29) is 29.5 Å². The molecule has 1 unspecified atom stereocenters. The number of rotatable bonds is 5. The molecule has 4 rings (SSSR count). The number of benzene rings is 2. The molecular weight excluding hydrogens is 442 g/mol. The first kappa shape index (κ1) is 24.7. The van der Waals surface area contributed by atoms with Crippen LogP contribution < -0.4 is 16.1 Å². The Morgan fingerprint density at radius 1 is 1.06 bits per heavy atom. The normalized spacial score (nSPS) is 12.9. The van der Waals surface area contributed by atoms with Crippen molar-refractivity contribution in [3.05, 3.63) is 64.2 Å². The Bertz CT molecular complexity index is 1400. The number of aliphatic carboxylic acids is 1. The van der Waals surface area contributed by atoms with Crippen molar-refractivity contribution in [3.8, 4) is 17.2 Å². The van der Waals surface area contributed by atoms with E-state index in [9.17, 15) is 14.7 Å². The van der Waals surface area contributed by atoms with Gasteiger partial charge in [-0.15, -0.1) is 0 Å². The number of methoxy groups -OCH3 is 1. The smallest absolute Gasteiger partial charge is 0.336 e. The number of carboxylic acid groups (broad SMARTS) is 1. The van der Waals surface area contributed by atoms with E-state index in [0.717, 1.165) is 22.3 Å². The van der Waals surface area contributed by atoms with Gasteiger partial charge in [-0.05, 0) is 36.8 Å². The van der Waals surface area contributed by atoms with Gasteiger partial charge in [0.25, 0.3) is 0 Å². The van der Waals surface area contributed by atoms with Gasteiger partial charge in [0.15, 0.2) is 17.2 Å². The van der Waals surface area contributed by atoms with Crippen molar-refractivity contribution in [1.29, 1.82) is 0 Å². The lowest BCUT2D eigenvalue weighted by atomic mass is 9.94. The number of furan rings is 1. The van der Waals surface area contributed by atoms with E-state index < -0.39 is 11.5 Å². The molecular formula is C25H27NO8. The summed E-state index contributed by atoms with van der Waals surface area (Å²) in [6.45, 7) is 5.47. The molecule has 0 saturated carbocycles. The van der Waals surface area contributed by atoms with Crippen molar-refractivity contribution in [3.63, 3.8) is 0 Å². The lowest BCUT2D eigenvalue weighted by molar-refractivity contribution is -0.142. The van der Waals surface area contributed by atoms with E-state index in [1.54, 1.807) is 19.2 Å². The maximum Gasteiger partial charge on any atom is 0.336 e. The van der Waals surface area contributed by atoms with Crippen LogP contribution >= 0.6 is 0 Å². The van der Waals surface area contributed by atoms with E-state index in [4.69, 9.17) is 29.5 Å². The van der Waals surface area contributed by atoms with Crippen LogP contribution in [0.25, 0.3) is 21.9 Å². The minimum absolute atomic E-state index is 0.0795. The molecule has 0 spiro atoms. The van der Waals surface area contributed by atoms with Crippen LogP contribution in [0.1, 0.15) is 38.0 Å². The van der Waals surface area contributed by atoms with Gasteiger partial charge in [-0.2, -0.15) is 0 Å². The van der Waals surface area contributed by atoms with Crippen molar-refractivity contribution in [2.75, 3.05) is 7.11 Å². The van der Waals surface area contributed by atoms with Gasteiger partial charge < -0.3 is 34.6 Å². The largest absolute Gasteiger partial charge is 0.504 e. The molecule has 0 amide bonds. The SMILES string of the molecule is CC(N)(Cc1ccc(O)c(O)c1)C(=O)O.COc1c(C(C)C)oc2cc3oc(=O)ccc3cc12. The van der Waals surface area contributed by atoms with E-state index in [0.29, 0.717) is 16.7 Å². The summed E-state index contributed by atoms with van der Waals surface area (Å²) in [6.07, 6.45) is 0.0795. The van der Waals surface area contributed by atoms with Crippen LogP contribution in [0.3, 0.4) is 0 Å². The third-order valence-electron chi connectivity index (χ3n) is 5.24. The van der Waals surface area contributed by atoms with E-state index in [2.05, 4.69) is 0 Å². The quantitative estimate of drug-likeness (QED) is 0.249. The van der Waals surface area contributed by atoms with Crippen molar-refractivity contribution < 1.29 is 33.7 Å². The molecule has 9 heteroatoms. The summed E-state index contributed by atoms with van der Waals surface area (Å²) in [7, 11) is 1.63. The zero-order valence-electron chi connectivity index (χ0n) is 19.3. The first-order valence-electron chi connectivity index (χ1n) is 10.5. The van der Waals surface area contributed by atoms with Crippen LogP contribution in [-0.4, -0.2) is 33.9 Å². The Kier molecular flexibility index (Phi) is 6.88. The summed E-state index contributed by atoms with van der Waals surface area (Å²) in [5, 5.41) is 28.8. The van der Waals surface area contributed by atoms with Gasteiger partial charge in [0.05, 0.1) is 12.5 Å². The predicted octanol–water partition coefficient (Wildman–Crippen LogP) is 4.11. The number of aromatic hydroxyl groups is 2. The molecule has 5 N–H and O–H groups in total. The Balaban J connectivity index is 0.000000197.